The van der Waals surface area contributed by atoms with Crippen molar-refractivity contribution in [2.24, 2.45) is 22.2 Å². The molecule has 1 amide bonds. The number of hydrogen-bond donors (Lipinski definition) is 4. The van der Waals surface area contributed by atoms with E-state index in [1.54, 1.807) is 0 Å². The van der Waals surface area contributed by atoms with Crippen LogP contribution in [0, 0.1) is 0 Å². The van der Waals surface area contributed by atoms with Gasteiger partial charge in [-0.3, -0.25) is 19.4 Å². The number of Topliss-reactive ketones (excluding diaryl/α,β-unsaturated/α-hetero) is 1. The highest BCUT2D eigenvalue weighted by molar-refractivity contribution is 5.94. The standard InChI is InChI=1S/C15H29N5O5/c1-11(22)13(10-21)25-8-7-24-6-5-19-14(23)9-12(16)3-2-4-20-15(17)18/h10,12-13H,2-9,16H2,1H3,(H,19,23)(H4,17,18,20)/t12-,13?/m1/s1. The van der Waals surface area contributed by atoms with Crippen LogP contribution in [0.1, 0.15) is 26.2 Å². The Morgan fingerprint density at radius 1 is 1.24 bits per heavy atom. The van der Waals surface area contributed by atoms with Crippen LogP contribution >= 0.6 is 0 Å². The lowest BCUT2D eigenvalue weighted by Gasteiger charge is -2.12. The number of ether oxygens (including phenoxy) is 2. The maximum Gasteiger partial charge on any atom is 0.221 e. The highest BCUT2D eigenvalue weighted by Crippen LogP contribution is 1.99. The van der Waals surface area contributed by atoms with Gasteiger partial charge in [0, 0.05) is 25.6 Å². The summed E-state index contributed by atoms with van der Waals surface area (Å²) in [5.41, 5.74) is 16.3. The smallest absolute Gasteiger partial charge is 0.221 e. The number of carbonyl (C=O) groups excluding carboxylic acids is 3. The second-order valence-corrected chi connectivity index (χ2v) is 5.41. The summed E-state index contributed by atoms with van der Waals surface area (Å²) in [6, 6.07) is -0.254. The van der Waals surface area contributed by atoms with Gasteiger partial charge >= 0.3 is 0 Å². The summed E-state index contributed by atoms with van der Waals surface area (Å²) >= 11 is 0. The van der Waals surface area contributed by atoms with Crippen LogP contribution in [0.2, 0.25) is 0 Å². The van der Waals surface area contributed by atoms with Gasteiger partial charge in [0.05, 0.1) is 19.8 Å². The van der Waals surface area contributed by atoms with E-state index < -0.39 is 6.10 Å². The van der Waals surface area contributed by atoms with E-state index in [2.05, 4.69) is 10.3 Å². The molecule has 0 spiro atoms. The van der Waals surface area contributed by atoms with Crippen LogP contribution in [0.25, 0.3) is 0 Å². The summed E-state index contributed by atoms with van der Waals surface area (Å²) in [6.07, 6.45) is 0.967. The molecule has 7 N–H and O–H groups in total. The third-order valence-electron chi connectivity index (χ3n) is 3.09. The van der Waals surface area contributed by atoms with Crippen LogP contribution in [0.3, 0.4) is 0 Å². The number of amides is 1. The molecular weight excluding hydrogens is 330 g/mol. The second-order valence-electron chi connectivity index (χ2n) is 5.41. The first-order valence-corrected chi connectivity index (χ1v) is 8.09. The molecule has 0 aromatic rings. The lowest BCUT2D eigenvalue weighted by molar-refractivity contribution is -0.136. The number of hydrogen-bond acceptors (Lipinski definition) is 7. The highest BCUT2D eigenvalue weighted by atomic mass is 16.5. The second kappa shape index (κ2) is 14.3. The molecular formula is C15H29N5O5. The number of nitrogens with one attached hydrogen (secondary N) is 1. The van der Waals surface area contributed by atoms with E-state index in [1.165, 1.54) is 6.92 Å². The lowest BCUT2D eigenvalue weighted by Crippen LogP contribution is -2.34. The Morgan fingerprint density at radius 2 is 1.96 bits per heavy atom. The van der Waals surface area contributed by atoms with Crippen molar-refractivity contribution in [1.29, 1.82) is 0 Å². The van der Waals surface area contributed by atoms with Gasteiger partial charge in [-0.05, 0) is 19.8 Å². The number of aldehydes is 1. The van der Waals surface area contributed by atoms with Gasteiger partial charge in [0.15, 0.2) is 24.1 Å². The number of aliphatic imine (C=N–C) groups is 1. The zero-order valence-corrected chi connectivity index (χ0v) is 14.6. The Bertz CT molecular complexity index is 440. The number of nitrogens with two attached hydrogens (primary N) is 3. The fourth-order valence-corrected chi connectivity index (χ4v) is 1.83. The van der Waals surface area contributed by atoms with Gasteiger partial charge in [-0.2, -0.15) is 0 Å². The van der Waals surface area contributed by atoms with Crippen LogP contribution in [-0.2, 0) is 23.9 Å². The summed E-state index contributed by atoms with van der Waals surface area (Å²) in [7, 11) is 0. The Labute approximate surface area is 147 Å². The minimum absolute atomic E-state index is 0.0414. The van der Waals surface area contributed by atoms with Gasteiger partial charge in [0.25, 0.3) is 0 Å². The molecule has 0 aromatic heterocycles. The van der Waals surface area contributed by atoms with Crippen LogP contribution in [0.15, 0.2) is 4.99 Å². The minimum atomic E-state index is -1.04. The first-order valence-electron chi connectivity index (χ1n) is 8.09. The van der Waals surface area contributed by atoms with Crippen molar-refractivity contribution in [1.82, 2.24) is 5.32 Å². The Balaban J connectivity index is 3.59. The molecule has 0 aliphatic carbocycles. The molecule has 0 aliphatic heterocycles. The predicted octanol–water partition coefficient (Wildman–Crippen LogP) is -1.94. The van der Waals surface area contributed by atoms with E-state index in [4.69, 9.17) is 26.7 Å². The average Bonchev–Trinajstić information content (AvgIpc) is 2.53. The van der Waals surface area contributed by atoms with E-state index in [0.29, 0.717) is 38.8 Å². The van der Waals surface area contributed by atoms with E-state index in [9.17, 15) is 14.4 Å². The number of rotatable bonds is 15. The molecule has 144 valence electrons. The number of carbonyl (C=O) groups is 3. The maximum atomic E-state index is 11.7. The molecule has 10 nitrogen and oxygen atoms in total. The molecule has 0 heterocycles. The minimum Gasteiger partial charge on any atom is -0.377 e. The van der Waals surface area contributed by atoms with Gasteiger partial charge < -0.3 is 32.0 Å². The Morgan fingerprint density at radius 3 is 2.56 bits per heavy atom. The quantitative estimate of drug-likeness (QED) is 0.0859. The van der Waals surface area contributed by atoms with Crippen molar-refractivity contribution in [3.05, 3.63) is 0 Å². The highest BCUT2D eigenvalue weighted by Gasteiger charge is 2.12. The normalized spacial score (nSPS) is 12.9. The van der Waals surface area contributed by atoms with Gasteiger partial charge in [0.1, 0.15) is 0 Å². The van der Waals surface area contributed by atoms with Gasteiger partial charge in [0.2, 0.25) is 5.91 Å². The number of nitrogens with zero attached hydrogens (tertiary/aromatic N) is 1. The van der Waals surface area contributed by atoms with Crippen molar-refractivity contribution in [2.75, 3.05) is 32.9 Å². The van der Waals surface area contributed by atoms with Gasteiger partial charge in [-0.15, -0.1) is 0 Å². The molecule has 0 bridgehead atoms. The SMILES string of the molecule is CC(=O)C(C=O)OCCOCCNC(=O)C[C@H](N)CCCN=C(N)N. The molecule has 0 saturated carbocycles. The molecule has 25 heavy (non-hydrogen) atoms. The van der Waals surface area contributed by atoms with E-state index in [-0.39, 0.29) is 43.3 Å². The zero-order valence-electron chi connectivity index (χ0n) is 14.6. The third-order valence-corrected chi connectivity index (χ3v) is 3.09. The van der Waals surface area contributed by atoms with Crippen LogP contribution < -0.4 is 22.5 Å². The third kappa shape index (κ3) is 14.0. The summed E-state index contributed by atoms with van der Waals surface area (Å²) in [6.45, 7) is 2.74. The Hall–Kier alpha value is -2.04. The summed E-state index contributed by atoms with van der Waals surface area (Å²) in [5, 5.41) is 2.69. The topological polar surface area (TPSA) is 172 Å². The van der Waals surface area contributed by atoms with E-state index in [0.717, 1.165) is 0 Å². The van der Waals surface area contributed by atoms with Crippen LogP contribution in [0.5, 0.6) is 0 Å². The van der Waals surface area contributed by atoms with Crippen molar-refractivity contribution in [3.63, 3.8) is 0 Å². The molecule has 2 atom stereocenters. The van der Waals surface area contributed by atoms with Crippen molar-refractivity contribution >= 4 is 23.9 Å². The lowest BCUT2D eigenvalue weighted by atomic mass is 10.1. The van der Waals surface area contributed by atoms with Gasteiger partial charge in [-0.25, -0.2) is 0 Å². The van der Waals surface area contributed by atoms with E-state index >= 15 is 0 Å². The first kappa shape index (κ1) is 23.0. The molecule has 10 heteroatoms. The first-order chi connectivity index (χ1) is 11.9. The number of ketones is 1. The Kier molecular flexibility index (Phi) is 13.1. The largest absolute Gasteiger partial charge is 0.377 e. The fraction of sp³-hybridized carbons (Fsp3) is 0.733. The molecule has 0 radical (unpaired) electrons. The number of guanidine groups is 1. The average molecular weight is 359 g/mol. The zero-order chi connectivity index (χ0) is 19.1. The van der Waals surface area contributed by atoms with Crippen LogP contribution in [0.4, 0.5) is 0 Å². The predicted molar refractivity (Wildman–Crippen MR) is 92.8 cm³/mol. The molecule has 0 aliphatic rings. The summed E-state index contributed by atoms with van der Waals surface area (Å²) in [5.74, 6) is -0.469. The molecule has 0 aromatic carbocycles. The van der Waals surface area contributed by atoms with Crippen LogP contribution in [-0.4, -0.2) is 69.0 Å². The van der Waals surface area contributed by atoms with Crippen molar-refractivity contribution < 1.29 is 23.9 Å². The summed E-state index contributed by atoms with van der Waals surface area (Å²) in [4.78, 5) is 37.0. The summed E-state index contributed by atoms with van der Waals surface area (Å²) < 4.78 is 10.3. The molecule has 1 unspecified atom stereocenters. The van der Waals surface area contributed by atoms with E-state index in [1.807, 2.05) is 0 Å². The monoisotopic (exact) mass is 359 g/mol. The molecule has 0 saturated heterocycles. The van der Waals surface area contributed by atoms with Gasteiger partial charge in [-0.1, -0.05) is 0 Å². The molecule has 0 fully saturated rings. The van der Waals surface area contributed by atoms with Crippen molar-refractivity contribution in [3.8, 4) is 0 Å². The van der Waals surface area contributed by atoms with Crippen molar-refractivity contribution in [2.45, 2.75) is 38.3 Å². The fourth-order valence-electron chi connectivity index (χ4n) is 1.83. The maximum absolute atomic E-state index is 11.7. The molecule has 0 rings (SSSR count).